The van der Waals surface area contributed by atoms with Crippen LogP contribution < -0.4 is 15.5 Å². The smallest absolute Gasteiger partial charge is 0.191 e. The van der Waals surface area contributed by atoms with Gasteiger partial charge in [-0.3, -0.25) is 4.99 Å². The molecule has 1 saturated carbocycles. The number of anilines is 1. The standard InChI is InChI=1S/C21H34N4O2/c1-22-20(24-17-21(8-5-9-21)10-13-26-2)23-16-18-6-3-4-7-19(18)25-11-14-27-15-12-25/h3-4,6-7H,5,8-17H2,1-2H3,(H2,22,23,24). The summed E-state index contributed by atoms with van der Waals surface area (Å²) < 4.78 is 10.8. The number of morpholine rings is 1. The summed E-state index contributed by atoms with van der Waals surface area (Å²) in [5, 5.41) is 7.03. The normalized spacial score (nSPS) is 19.5. The fourth-order valence-corrected chi connectivity index (χ4v) is 3.95. The zero-order chi connectivity index (χ0) is 19.0. The summed E-state index contributed by atoms with van der Waals surface area (Å²) in [5.74, 6) is 0.871. The van der Waals surface area contributed by atoms with Crippen LogP contribution in [0.25, 0.3) is 0 Å². The number of rotatable bonds is 8. The molecule has 1 aromatic rings. The lowest BCUT2D eigenvalue weighted by Gasteiger charge is -2.42. The predicted molar refractivity (Wildman–Crippen MR) is 110 cm³/mol. The fraction of sp³-hybridized carbons (Fsp3) is 0.667. The maximum Gasteiger partial charge on any atom is 0.191 e. The van der Waals surface area contributed by atoms with Crippen molar-refractivity contribution in [2.75, 3.05) is 58.5 Å². The molecule has 1 heterocycles. The SMILES string of the molecule is CN=C(NCc1ccccc1N1CCOCC1)NCC1(CCOC)CCC1. The molecular weight excluding hydrogens is 340 g/mol. The zero-order valence-electron chi connectivity index (χ0n) is 16.8. The second-order valence-electron chi connectivity index (χ2n) is 7.60. The van der Waals surface area contributed by atoms with Gasteiger partial charge in [0, 0.05) is 52.6 Å². The lowest BCUT2D eigenvalue weighted by Crippen LogP contribution is -2.46. The van der Waals surface area contributed by atoms with Gasteiger partial charge in [0.1, 0.15) is 0 Å². The first-order chi connectivity index (χ1) is 13.3. The summed E-state index contributed by atoms with van der Waals surface area (Å²) in [7, 11) is 3.62. The van der Waals surface area contributed by atoms with E-state index in [4.69, 9.17) is 9.47 Å². The summed E-state index contributed by atoms with van der Waals surface area (Å²) in [6, 6.07) is 8.60. The van der Waals surface area contributed by atoms with E-state index < -0.39 is 0 Å². The molecule has 6 nitrogen and oxygen atoms in total. The second-order valence-corrected chi connectivity index (χ2v) is 7.60. The number of benzene rings is 1. The Morgan fingerprint density at radius 2 is 2.00 bits per heavy atom. The van der Waals surface area contributed by atoms with Crippen molar-refractivity contribution in [3.8, 4) is 0 Å². The Kier molecular flexibility index (Phi) is 7.35. The van der Waals surface area contributed by atoms with Crippen molar-refractivity contribution in [2.24, 2.45) is 10.4 Å². The van der Waals surface area contributed by atoms with Gasteiger partial charge in [0.2, 0.25) is 0 Å². The number of guanidine groups is 1. The molecule has 0 atom stereocenters. The third-order valence-electron chi connectivity index (χ3n) is 5.89. The highest BCUT2D eigenvalue weighted by molar-refractivity contribution is 5.79. The molecule has 0 spiro atoms. The Balaban J connectivity index is 1.54. The molecule has 0 aromatic heterocycles. The van der Waals surface area contributed by atoms with Crippen LogP contribution in [0.1, 0.15) is 31.2 Å². The molecule has 3 rings (SSSR count). The van der Waals surface area contributed by atoms with Crippen LogP contribution in [-0.2, 0) is 16.0 Å². The Morgan fingerprint density at radius 1 is 1.22 bits per heavy atom. The van der Waals surface area contributed by atoms with E-state index in [1.165, 1.54) is 30.5 Å². The van der Waals surface area contributed by atoms with Crippen LogP contribution in [0.15, 0.2) is 29.3 Å². The summed E-state index contributed by atoms with van der Waals surface area (Å²) in [5.41, 5.74) is 2.96. The number of nitrogens with one attached hydrogen (secondary N) is 2. The summed E-state index contributed by atoms with van der Waals surface area (Å²) in [6.07, 6.45) is 5.00. The number of aliphatic imine (C=N–C) groups is 1. The number of hydrogen-bond acceptors (Lipinski definition) is 4. The van der Waals surface area contributed by atoms with Gasteiger partial charge in [0.25, 0.3) is 0 Å². The minimum Gasteiger partial charge on any atom is -0.385 e. The predicted octanol–water partition coefficient (Wildman–Crippen LogP) is 2.40. The first-order valence-corrected chi connectivity index (χ1v) is 10.1. The van der Waals surface area contributed by atoms with Gasteiger partial charge in [-0.1, -0.05) is 24.6 Å². The van der Waals surface area contributed by atoms with Gasteiger partial charge in [-0.2, -0.15) is 0 Å². The van der Waals surface area contributed by atoms with Crippen LogP contribution in [0.3, 0.4) is 0 Å². The van der Waals surface area contributed by atoms with E-state index in [-0.39, 0.29) is 0 Å². The molecule has 1 aliphatic heterocycles. The zero-order valence-corrected chi connectivity index (χ0v) is 16.8. The largest absolute Gasteiger partial charge is 0.385 e. The first-order valence-electron chi connectivity index (χ1n) is 10.1. The molecule has 2 N–H and O–H groups in total. The lowest BCUT2D eigenvalue weighted by molar-refractivity contribution is 0.0732. The molecule has 1 aliphatic carbocycles. The summed E-state index contributed by atoms with van der Waals surface area (Å²) in [4.78, 5) is 6.82. The quantitative estimate of drug-likeness (QED) is 0.541. The molecule has 27 heavy (non-hydrogen) atoms. The van der Waals surface area contributed by atoms with Gasteiger partial charge in [-0.05, 0) is 36.3 Å². The molecule has 150 valence electrons. The number of para-hydroxylation sites is 1. The van der Waals surface area contributed by atoms with Crippen LogP contribution in [-0.4, -0.2) is 59.6 Å². The van der Waals surface area contributed by atoms with Crippen molar-refractivity contribution in [2.45, 2.75) is 32.2 Å². The average molecular weight is 375 g/mol. The fourth-order valence-electron chi connectivity index (χ4n) is 3.95. The van der Waals surface area contributed by atoms with Gasteiger partial charge >= 0.3 is 0 Å². The van der Waals surface area contributed by atoms with E-state index in [0.29, 0.717) is 5.41 Å². The molecule has 0 unspecified atom stereocenters. The topological polar surface area (TPSA) is 58.1 Å². The van der Waals surface area contributed by atoms with Crippen LogP contribution in [0, 0.1) is 5.41 Å². The molecule has 2 fully saturated rings. The minimum atomic E-state index is 0.374. The van der Waals surface area contributed by atoms with Crippen LogP contribution in [0.5, 0.6) is 0 Å². The number of ether oxygens (including phenoxy) is 2. The molecule has 0 amide bonds. The molecule has 1 aromatic carbocycles. The van der Waals surface area contributed by atoms with Crippen molar-refractivity contribution in [3.05, 3.63) is 29.8 Å². The van der Waals surface area contributed by atoms with Gasteiger partial charge in [0.15, 0.2) is 5.96 Å². The van der Waals surface area contributed by atoms with Crippen LogP contribution >= 0.6 is 0 Å². The van der Waals surface area contributed by atoms with Crippen molar-refractivity contribution in [1.82, 2.24) is 10.6 Å². The number of hydrogen-bond donors (Lipinski definition) is 2. The number of nitrogens with zero attached hydrogens (tertiary/aromatic N) is 2. The van der Waals surface area contributed by atoms with Gasteiger partial charge in [-0.15, -0.1) is 0 Å². The monoisotopic (exact) mass is 374 g/mol. The van der Waals surface area contributed by atoms with E-state index in [1.54, 1.807) is 7.11 Å². The van der Waals surface area contributed by atoms with E-state index in [1.807, 2.05) is 7.05 Å². The van der Waals surface area contributed by atoms with Crippen molar-refractivity contribution < 1.29 is 9.47 Å². The Bertz CT molecular complexity index is 610. The maximum absolute atomic E-state index is 5.49. The second kappa shape index (κ2) is 9.95. The highest BCUT2D eigenvalue weighted by Gasteiger charge is 2.36. The van der Waals surface area contributed by atoms with Gasteiger partial charge < -0.3 is 25.0 Å². The Hall–Kier alpha value is -1.79. The number of methoxy groups -OCH3 is 1. The van der Waals surface area contributed by atoms with Crippen molar-refractivity contribution in [3.63, 3.8) is 0 Å². The molecular formula is C21H34N4O2. The average Bonchev–Trinajstić information content (AvgIpc) is 2.70. The minimum absolute atomic E-state index is 0.374. The summed E-state index contributed by atoms with van der Waals surface area (Å²) in [6.45, 7) is 6.06. The molecule has 0 bridgehead atoms. The lowest BCUT2D eigenvalue weighted by atomic mass is 9.67. The Morgan fingerprint density at radius 3 is 2.67 bits per heavy atom. The van der Waals surface area contributed by atoms with E-state index >= 15 is 0 Å². The maximum atomic E-state index is 5.49. The van der Waals surface area contributed by atoms with E-state index in [9.17, 15) is 0 Å². The van der Waals surface area contributed by atoms with E-state index in [0.717, 1.165) is 58.4 Å². The molecule has 2 aliphatic rings. The first kappa shape index (κ1) is 20.0. The van der Waals surface area contributed by atoms with Crippen LogP contribution in [0.4, 0.5) is 5.69 Å². The van der Waals surface area contributed by atoms with Gasteiger partial charge in [-0.25, -0.2) is 0 Å². The molecule has 0 radical (unpaired) electrons. The van der Waals surface area contributed by atoms with Crippen LogP contribution in [0.2, 0.25) is 0 Å². The van der Waals surface area contributed by atoms with Crippen molar-refractivity contribution in [1.29, 1.82) is 0 Å². The molecule has 6 heteroatoms. The third-order valence-corrected chi connectivity index (χ3v) is 5.89. The molecule has 1 saturated heterocycles. The third kappa shape index (κ3) is 5.36. The summed E-state index contributed by atoms with van der Waals surface area (Å²) >= 11 is 0. The Labute approximate surface area is 163 Å². The van der Waals surface area contributed by atoms with Gasteiger partial charge in [0.05, 0.1) is 13.2 Å². The van der Waals surface area contributed by atoms with Crippen molar-refractivity contribution >= 4 is 11.6 Å². The van der Waals surface area contributed by atoms with E-state index in [2.05, 4.69) is 44.8 Å². The highest BCUT2D eigenvalue weighted by atomic mass is 16.5. The highest BCUT2D eigenvalue weighted by Crippen LogP contribution is 2.43.